The lowest BCUT2D eigenvalue weighted by molar-refractivity contribution is -0.310. The first-order valence-electron chi connectivity index (χ1n) is 4.51. The lowest BCUT2D eigenvalue weighted by Crippen LogP contribution is -2.30. The predicted octanol–water partition coefficient (Wildman–Crippen LogP) is -0.357. The Morgan fingerprint density at radius 2 is 2.13 bits per heavy atom. The van der Waals surface area contributed by atoms with E-state index in [4.69, 9.17) is 0 Å². The van der Waals surface area contributed by atoms with E-state index in [2.05, 4.69) is 9.47 Å². The summed E-state index contributed by atoms with van der Waals surface area (Å²) in [7, 11) is 1.43. The first-order valence-corrected chi connectivity index (χ1v) is 5.66. The zero-order valence-electron chi connectivity index (χ0n) is 8.86. The van der Waals surface area contributed by atoms with Gasteiger partial charge in [0.1, 0.15) is 0 Å². The number of aliphatic carboxylic acids is 1. The number of carboxylic acids is 1. The SMILES string of the molecule is COCOC(=O)CCSCC(C)C(=O)[O-]. The smallest absolute Gasteiger partial charge is 0.308 e. The Balaban J connectivity index is 3.38. The summed E-state index contributed by atoms with van der Waals surface area (Å²) >= 11 is 1.39. The molecule has 0 spiro atoms. The molecule has 6 heteroatoms. The fourth-order valence-corrected chi connectivity index (χ4v) is 1.65. The van der Waals surface area contributed by atoms with Gasteiger partial charge in [-0.2, -0.15) is 11.8 Å². The van der Waals surface area contributed by atoms with Gasteiger partial charge in [-0.3, -0.25) is 4.79 Å². The summed E-state index contributed by atoms with van der Waals surface area (Å²) < 4.78 is 9.20. The van der Waals surface area contributed by atoms with Crippen LogP contribution in [0.5, 0.6) is 0 Å². The van der Waals surface area contributed by atoms with Gasteiger partial charge in [-0.05, 0) is 0 Å². The number of hydrogen-bond acceptors (Lipinski definition) is 6. The zero-order valence-corrected chi connectivity index (χ0v) is 9.67. The van der Waals surface area contributed by atoms with Crippen LogP contribution in [0.2, 0.25) is 0 Å². The van der Waals surface area contributed by atoms with Crippen molar-refractivity contribution >= 4 is 23.7 Å². The summed E-state index contributed by atoms with van der Waals surface area (Å²) in [4.78, 5) is 21.3. The van der Waals surface area contributed by atoms with Crippen LogP contribution >= 0.6 is 11.8 Å². The van der Waals surface area contributed by atoms with Gasteiger partial charge in [0.05, 0.1) is 6.42 Å². The highest BCUT2D eigenvalue weighted by atomic mass is 32.2. The Morgan fingerprint density at radius 3 is 2.67 bits per heavy atom. The van der Waals surface area contributed by atoms with E-state index in [0.717, 1.165) is 0 Å². The number of carbonyl (C=O) groups excluding carboxylic acids is 2. The molecule has 0 rings (SSSR count). The highest BCUT2D eigenvalue weighted by Gasteiger charge is 2.05. The van der Waals surface area contributed by atoms with Gasteiger partial charge in [0, 0.05) is 30.5 Å². The minimum atomic E-state index is -1.07. The van der Waals surface area contributed by atoms with E-state index >= 15 is 0 Å². The summed E-state index contributed by atoms with van der Waals surface area (Å²) in [5.41, 5.74) is 0. The average molecular weight is 235 g/mol. The molecule has 1 unspecified atom stereocenters. The second kappa shape index (κ2) is 8.55. The highest BCUT2D eigenvalue weighted by Crippen LogP contribution is 2.09. The third-order valence-corrected chi connectivity index (χ3v) is 2.79. The maximum atomic E-state index is 10.9. The third-order valence-electron chi connectivity index (χ3n) is 1.56. The first-order chi connectivity index (χ1) is 7.07. The van der Waals surface area contributed by atoms with Crippen LogP contribution in [0.3, 0.4) is 0 Å². The van der Waals surface area contributed by atoms with Gasteiger partial charge in [0.25, 0.3) is 0 Å². The molecule has 0 saturated carbocycles. The molecule has 0 N–H and O–H groups in total. The van der Waals surface area contributed by atoms with Gasteiger partial charge in [0.15, 0.2) is 6.79 Å². The van der Waals surface area contributed by atoms with E-state index in [-0.39, 0.29) is 19.2 Å². The molecule has 0 saturated heterocycles. The van der Waals surface area contributed by atoms with Gasteiger partial charge in [-0.1, -0.05) is 6.92 Å². The molecule has 88 valence electrons. The molecule has 0 heterocycles. The van der Waals surface area contributed by atoms with Crippen molar-refractivity contribution < 1.29 is 24.2 Å². The van der Waals surface area contributed by atoms with Crippen LogP contribution in [0, 0.1) is 5.92 Å². The fraction of sp³-hybridized carbons (Fsp3) is 0.778. The van der Waals surface area contributed by atoms with Crippen LogP contribution in [-0.2, 0) is 19.1 Å². The van der Waals surface area contributed by atoms with Crippen LogP contribution in [0.4, 0.5) is 0 Å². The fourth-order valence-electron chi connectivity index (χ4n) is 0.680. The van der Waals surface area contributed by atoms with Crippen molar-refractivity contribution in [3.63, 3.8) is 0 Å². The summed E-state index contributed by atoms with van der Waals surface area (Å²) in [5.74, 6) is -0.917. The Kier molecular flexibility index (Phi) is 8.12. The Morgan fingerprint density at radius 1 is 1.47 bits per heavy atom. The molecule has 0 radical (unpaired) electrons. The minimum absolute atomic E-state index is 0.0427. The molecule has 0 aromatic heterocycles. The van der Waals surface area contributed by atoms with Crippen molar-refractivity contribution in [1.82, 2.24) is 0 Å². The van der Waals surface area contributed by atoms with Crippen molar-refractivity contribution in [2.24, 2.45) is 5.92 Å². The summed E-state index contributed by atoms with van der Waals surface area (Å²) in [6.07, 6.45) is 0.258. The first kappa shape index (κ1) is 14.2. The molecule has 0 aliphatic rings. The molecule has 15 heavy (non-hydrogen) atoms. The number of ether oxygens (including phenoxy) is 2. The van der Waals surface area contributed by atoms with Crippen molar-refractivity contribution in [3.8, 4) is 0 Å². The largest absolute Gasteiger partial charge is 0.550 e. The number of carbonyl (C=O) groups is 2. The van der Waals surface area contributed by atoms with Crippen molar-refractivity contribution in [1.29, 1.82) is 0 Å². The summed E-state index contributed by atoms with van der Waals surface area (Å²) in [5, 5.41) is 10.3. The number of esters is 1. The molecule has 0 aliphatic heterocycles. The van der Waals surface area contributed by atoms with Gasteiger partial charge in [0.2, 0.25) is 0 Å². The average Bonchev–Trinajstić information content (AvgIpc) is 2.20. The molecule has 0 aromatic rings. The Labute approximate surface area is 93.1 Å². The standard InChI is InChI=1S/C9H16O5S/c1-7(9(11)12)5-15-4-3-8(10)14-6-13-2/h7H,3-6H2,1-2H3,(H,11,12)/p-1. The Bertz CT molecular complexity index is 207. The van der Waals surface area contributed by atoms with E-state index in [9.17, 15) is 14.7 Å². The van der Waals surface area contributed by atoms with Crippen molar-refractivity contribution in [2.75, 3.05) is 25.4 Å². The quantitative estimate of drug-likeness (QED) is 0.325. The van der Waals surface area contributed by atoms with Crippen LogP contribution < -0.4 is 5.11 Å². The van der Waals surface area contributed by atoms with E-state index in [1.165, 1.54) is 18.9 Å². The van der Waals surface area contributed by atoms with Crippen LogP contribution in [-0.4, -0.2) is 37.3 Å². The topological polar surface area (TPSA) is 75.7 Å². The van der Waals surface area contributed by atoms with E-state index in [1.807, 2.05) is 0 Å². The molecule has 0 fully saturated rings. The number of hydrogen-bond donors (Lipinski definition) is 0. The lowest BCUT2D eigenvalue weighted by Gasteiger charge is -2.11. The van der Waals surface area contributed by atoms with Crippen molar-refractivity contribution in [3.05, 3.63) is 0 Å². The Hall–Kier alpha value is -0.750. The van der Waals surface area contributed by atoms with E-state index in [0.29, 0.717) is 11.5 Å². The van der Waals surface area contributed by atoms with Crippen LogP contribution in [0.25, 0.3) is 0 Å². The van der Waals surface area contributed by atoms with Gasteiger partial charge in [-0.25, -0.2) is 0 Å². The normalized spacial score (nSPS) is 12.1. The second-order valence-corrected chi connectivity index (χ2v) is 4.12. The van der Waals surface area contributed by atoms with E-state index in [1.54, 1.807) is 6.92 Å². The molecule has 1 atom stereocenters. The molecular formula is C9H15O5S-. The highest BCUT2D eigenvalue weighted by molar-refractivity contribution is 7.99. The molecular weight excluding hydrogens is 220 g/mol. The van der Waals surface area contributed by atoms with Gasteiger partial charge in [-0.15, -0.1) is 0 Å². The molecule has 0 aliphatic carbocycles. The van der Waals surface area contributed by atoms with E-state index < -0.39 is 11.9 Å². The third kappa shape index (κ3) is 8.26. The maximum absolute atomic E-state index is 10.9. The van der Waals surface area contributed by atoms with Gasteiger partial charge >= 0.3 is 5.97 Å². The van der Waals surface area contributed by atoms with Crippen LogP contribution in [0.1, 0.15) is 13.3 Å². The molecule has 5 nitrogen and oxygen atoms in total. The maximum Gasteiger partial charge on any atom is 0.308 e. The molecule has 0 bridgehead atoms. The van der Waals surface area contributed by atoms with Gasteiger partial charge < -0.3 is 19.4 Å². The molecule has 0 amide bonds. The van der Waals surface area contributed by atoms with Crippen molar-refractivity contribution in [2.45, 2.75) is 13.3 Å². The lowest BCUT2D eigenvalue weighted by atomic mass is 10.2. The van der Waals surface area contributed by atoms with Crippen LogP contribution in [0.15, 0.2) is 0 Å². The number of thioether (sulfide) groups is 1. The summed E-state index contributed by atoms with van der Waals surface area (Å²) in [6, 6.07) is 0. The summed E-state index contributed by atoms with van der Waals surface area (Å²) in [6.45, 7) is 1.53. The number of carboxylic acid groups (broad SMARTS) is 1. The number of methoxy groups -OCH3 is 1. The predicted molar refractivity (Wildman–Crippen MR) is 54.1 cm³/mol. The zero-order chi connectivity index (χ0) is 11.7. The molecule has 0 aromatic carbocycles. The second-order valence-electron chi connectivity index (χ2n) is 2.97. The number of rotatable bonds is 8. The monoisotopic (exact) mass is 235 g/mol. The minimum Gasteiger partial charge on any atom is -0.550 e.